The number of rotatable bonds is 2. The van der Waals surface area contributed by atoms with Crippen LogP contribution in [0.4, 0.5) is 4.39 Å². The molecule has 0 aliphatic carbocycles. The van der Waals surface area contributed by atoms with Crippen molar-refractivity contribution in [3.05, 3.63) is 34.6 Å². The van der Waals surface area contributed by atoms with E-state index in [9.17, 15) is 9.18 Å². The van der Waals surface area contributed by atoms with Gasteiger partial charge in [-0.1, -0.05) is 0 Å². The highest BCUT2D eigenvalue weighted by Gasteiger charge is 2.20. The number of benzene rings is 1. The van der Waals surface area contributed by atoms with E-state index in [0.29, 0.717) is 11.1 Å². The molecule has 80 valence electrons. The standard InChI is InChI=1S/C12H14FNO/c1-8-4-10(7-15)11(5-12(8)13)9-2-3-14-6-9/h4-5,7,9,14H,2-3,6H2,1H3. The van der Waals surface area contributed by atoms with Crippen LogP contribution >= 0.6 is 0 Å². The van der Waals surface area contributed by atoms with Gasteiger partial charge in [0.15, 0.2) is 0 Å². The zero-order valence-electron chi connectivity index (χ0n) is 8.72. The molecule has 0 saturated carbocycles. The van der Waals surface area contributed by atoms with Crippen molar-refractivity contribution >= 4 is 6.29 Å². The third kappa shape index (κ3) is 1.92. The Labute approximate surface area is 88.5 Å². The summed E-state index contributed by atoms with van der Waals surface area (Å²) in [7, 11) is 0. The van der Waals surface area contributed by atoms with Gasteiger partial charge in [-0.25, -0.2) is 4.39 Å². The fourth-order valence-corrected chi connectivity index (χ4v) is 2.09. The molecule has 0 aromatic heterocycles. The van der Waals surface area contributed by atoms with E-state index in [2.05, 4.69) is 5.32 Å². The largest absolute Gasteiger partial charge is 0.316 e. The predicted molar refractivity (Wildman–Crippen MR) is 56.8 cm³/mol. The molecule has 0 spiro atoms. The number of hydrogen-bond donors (Lipinski definition) is 1. The van der Waals surface area contributed by atoms with Crippen molar-refractivity contribution in [2.75, 3.05) is 13.1 Å². The zero-order chi connectivity index (χ0) is 10.8. The lowest BCUT2D eigenvalue weighted by Gasteiger charge is -2.12. The monoisotopic (exact) mass is 207 g/mol. The molecule has 0 radical (unpaired) electrons. The Hall–Kier alpha value is -1.22. The van der Waals surface area contributed by atoms with Gasteiger partial charge in [0.05, 0.1) is 0 Å². The lowest BCUT2D eigenvalue weighted by Crippen LogP contribution is -2.10. The lowest BCUT2D eigenvalue weighted by atomic mass is 9.92. The second kappa shape index (κ2) is 4.11. The highest BCUT2D eigenvalue weighted by molar-refractivity contribution is 5.78. The molecule has 1 aromatic rings. The maximum atomic E-state index is 13.4. The van der Waals surface area contributed by atoms with Crippen molar-refractivity contribution in [1.82, 2.24) is 5.32 Å². The summed E-state index contributed by atoms with van der Waals surface area (Å²) in [6, 6.07) is 3.15. The number of aldehydes is 1. The Morgan fingerprint density at radius 1 is 1.53 bits per heavy atom. The SMILES string of the molecule is Cc1cc(C=O)c(C2CCNC2)cc1F. The molecule has 2 nitrogen and oxygen atoms in total. The number of nitrogens with one attached hydrogen (secondary N) is 1. The first-order valence-electron chi connectivity index (χ1n) is 5.18. The first kappa shape index (κ1) is 10.3. The summed E-state index contributed by atoms with van der Waals surface area (Å²) in [6.07, 6.45) is 1.80. The van der Waals surface area contributed by atoms with Crippen molar-refractivity contribution < 1.29 is 9.18 Å². The molecule has 1 aromatic carbocycles. The summed E-state index contributed by atoms with van der Waals surface area (Å²) in [4.78, 5) is 10.9. The first-order chi connectivity index (χ1) is 7.22. The van der Waals surface area contributed by atoms with Crippen LogP contribution in [-0.4, -0.2) is 19.4 Å². The third-order valence-corrected chi connectivity index (χ3v) is 2.99. The second-order valence-corrected chi connectivity index (χ2v) is 4.04. The normalized spacial score (nSPS) is 20.5. The molecule has 0 bridgehead atoms. The van der Waals surface area contributed by atoms with Crippen LogP contribution in [0.25, 0.3) is 0 Å². The van der Waals surface area contributed by atoms with E-state index in [1.54, 1.807) is 13.0 Å². The summed E-state index contributed by atoms with van der Waals surface area (Å²) in [5, 5.41) is 3.22. The van der Waals surface area contributed by atoms with Crippen LogP contribution in [0.15, 0.2) is 12.1 Å². The minimum atomic E-state index is -0.220. The van der Waals surface area contributed by atoms with Gasteiger partial charge in [-0.05, 0) is 49.1 Å². The summed E-state index contributed by atoms with van der Waals surface area (Å²) in [5.41, 5.74) is 2.01. The molecule has 3 heteroatoms. The van der Waals surface area contributed by atoms with Crippen molar-refractivity contribution in [3.63, 3.8) is 0 Å². The van der Waals surface area contributed by atoms with Crippen LogP contribution in [-0.2, 0) is 0 Å². The van der Waals surface area contributed by atoms with Crippen LogP contribution in [0.1, 0.15) is 33.8 Å². The topological polar surface area (TPSA) is 29.1 Å². The molecule has 1 atom stereocenters. The number of aryl methyl sites for hydroxylation is 1. The van der Waals surface area contributed by atoms with Crippen LogP contribution in [0, 0.1) is 12.7 Å². The van der Waals surface area contributed by atoms with Crippen LogP contribution in [0.3, 0.4) is 0 Å². The zero-order valence-corrected chi connectivity index (χ0v) is 8.72. The van der Waals surface area contributed by atoms with Crippen molar-refractivity contribution in [1.29, 1.82) is 0 Å². The van der Waals surface area contributed by atoms with Crippen molar-refractivity contribution in [2.45, 2.75) is 19.3 Å². The Balaban J connectivity index is 2.43. The van der Waals surface area contributed by atoms with Gasteiger partial charge >= 0.3 is 0 Å². The maximum Gasteiger partial charge on any atom is 0.150 e. The summed E-state index contributed by atoms with van der Waals surface area (Å²) < 4.78 is 13.4. The summed E-state index contributed by atoms with van der Waals surface area (Å²) >= 11 is 0. The van der Waals surface area contributed by atoms with E-state index in [0.717, 1.165) is 31.4 Å². The average Bonchev–Trinajstić information content (AvgIpc) is 2.74. The quantitative estimate of drug-likeness (QED) is 0.752. The molecule has 1 fully saturated rings. The van der Waals surface area contributed by atoms with Crippen molar-refractivity contribution in [3.8, 4) is 0 Å². The molecular weight excluding hydrogens is 193 g/mol. The molecule has 1 saturated heterocycles. The van der Waals surface area contributed by atoms with E-state index >= 15 is 0 Å². The van der Waals surface area contributed by atoms with Gasteiger partial charge in [0.1, 0.15) is 12.1 Å². The van der Waals surface area contributed by atoms with E-state index in [4.69, 9.17) is 0 Å². The minimum Gasteiger partial charge on any atom is -0.316 e. The van der Waals surface area contributed by atoms with Gasteiger partial charge in [0.25, 0.3) is 0 Å². The van der Waals surface area contributed by atoms with E-state index in [1.807, 2.05) is 0 Å². The fraction of sp³-hybridized carbons (Fsp3) is 0.417. The number of carbonyl (C=O) groups is 1. The minimum absolute atomic E-state index is 0.220. The number of carbonyl (C=O) groups excluding carboxylic acids is 1. The smallest absolute Gasteiger partial charge is 0.150 e. The molecule has 1 aliphatic heterocycles. The van der Waals surface area contributed by atoms with Gasteiger partial charge < -0.3 is 5.32 Å². The number of halogens is 1. The van der Waals surface area contributed by atoms with Gasteiger partial charge in [-0.3, -0.25) is 4.79 Å². The molecule has 1 unspecified atom stereocenters. The molecule has 2 rings (SSSR count). The second-order valence-electron chi connectivity index (χ2n) is 4.04. The average molecular weight is 207 g/mol. The van der Waals surface area contributed by atoms with Gasteiger partial charge in [-0.2, -0.15) is 0 Å². The van der Waals surface area contributed by atoms with E-state index in [-0.39, 0.29) is 11.7 Å². The lowest BCUT2D eigenvalue weighted by molar-refractivity contribution is 0.112. The number of hydrogen-bond acceptors (Lipinski definition) is 2. The van der Waals surface area contributed by atoms with Gasteiger partial charge in [0.2, 0.25) is 0 Å². The molecule has 0 amide bonds. The third-order valence-electron chi connectivity index (χ3n) is 2.99. The predicted octanol–water partition coefficient (Wildman–Crippen LogP) is 2.02. The maximum absolute atomic E-state index is 13.4. The molecular formula is C12H14FNO. The van der Waals surface area contributed by atoms with E-state index < -0.39 is 0 Å². The fourth-order valence-electron chi connectivity index (χ4n) is 2.09. The van der Waals surface area contributed by atoms with Crippen molar-refractivity contribution in [2.24, 2.45) is 0 Å². The first-order valence-corrected chi connectivity index (χ1v) is 5.18. The summed E-state index contributed by atoms with van der Waals surface area (Å²) in [5.74, 6) is 0.0581. The van der Waals surface area contributed by atoms with Crippen LogP contribution in [0.5, 0.6) is 0 Å². The highest BCUT2D eigenvalue weighted by Crippen LogP contribution is 2.26. The Morgan fingerprint density at radius 2 is 2.33 bits per heavy atom. The molecule has 1 N–H and O–H groups in total. The molecule has 1 heterocycles. The molecule has 1 aliphatic rings. The highest BCUT2D eigenvalue weighted by atomic mass is 19.1. The van der Waals surface area contributed by atoms with Crippen LogP contribution < -0.4 is 5.32 Å². The Bertz CT molecular complexity index is 383. The van der Waals surface area contributed by atoms with E-state index in [1.165, 1.54) is 6.07 Å². The summed E-state index contributed by atoms with van der Waals surface area (Å²) in [6.45, 7) is 3.46. The van der Waals surface area contributed by atoms with Gasteiger partial charge in [0, 0.05) is 12.1 Å². The Kier molecular flexibility index (Phi) is 2.82. The Morgan fingerprint density at radius 3 is 2.93 bits per heavy atom. The molecule has 15 heavy (non-hydrogen) atoms. The van der Waals surface area contributed by atoms with Crippen LogP contribution in [0.2, 0.25) is 0 Å². The van der Waals surface area contributed by atoms with Gasteiger partial charge in [-0.15, -0.1) is 0 Å².